The fourth-order valence-corrected chi connectivity index (χ4v) is 3.42. The standard InChI is InChI=1S/C27H18F4O/c1-32-13-12-17-2-6-19(7-3-17)21-15-25(29)23(26(30)16-21)10-5-18-4-9-22-20(14-18)8-11-24(28)27(22)31/h2-4,6-9,11,14-16H,12-13H2,1H3. The summed E-state index contributed by atoms with van der Waals surface area (Å²) in [7, 11) is 1.63. The van der Waals surface area contributed by atoms with E-state index in [9.17, 15) is 17.6 Å². The van der Waals surface area contributed by atoms with Crippen LogP contribution in [-0.2, 0) is 11.2 Å². The molecule has 5 heteroatoms. The lowest BCUT2D eigenvalue weighted by Gasteiger charge is -2.07. The van der Waals surface area contributed by atoms with E-state index in [4.69, 9.17) is 4.74 Å². The summed E-state index contributed by atoms with van der Waals surface area (Å²) in [5, 5.41) is 0.562. The first-order valence-electron chi connectivity index (χ1n) is 9.93. The van der Waals surface area contributed by atoms with Crippen LogP contribution in [0.3, 0.4) is 0 Å². The average molecular weight is 434 g/mol. The van der Waals surface area contributed by atoms with E-state index in [2.05, 4.69) is 11.8 Å². The van der Waals surface area contributed by atoms with Gasteiger partial charge in [-0.3, -0.25) is 0 Å². The van der Waals surface area contributed by atoms with Crippen molar-refractivity contribution < 1.29 is 22.3 Å². The van der Waals surface area contributed by atoms with Crippen molar-refractivity contribution in [2.24, 2.45) is 0 Å². The van der Waals surface area contributed by atoms with E-state index in [1.165, 1.54) is 30.3 Å². The highest BCUT2D eigenvalue weighted by Gasteiger charge is 2.11. The van der Waals surface area contributed by atoms with Crippen LogP contribution in [0.4, 0.5) is 17.6 Å². The molecule has 0 aliphatic heterocycles. The second-order valence-electron chi connectivity index (χ2n) is 7.30. The highest BCUT2D eigenvalue weighted by molar-refractivity contribution is 5.84. The number of halogens is 4. The maximum Gasteiger partial charge on any atom is 0.166 e. The molecule has 0 fully saturated rings. The van der Waals surface area contributed by atoms with Gasteiger partial charge in [0.05, 0.1) is 12.2 Å². The number of benzene rings is 4. The molecule has 0 saturated carbocycles. The van der Waals surface area contributed by atoms with Crippen LogP contribution in [0.2, 0.25) is 0 Å². The van der Waals surface area contributed by atoms with Gasteiger partial charge in [-0.1, -0.05) is 48.2 Å². The van der Waals surface area contributed by atoms with Gasteiger partial charge in [0.25, 0.3) is 0 Å². The van der Waals surface area contributed by atoms with Crippen LogP contribution in [0, 0.1) is 35.1 Å². The fourth-order valence-electron chi connectivity index (χ4n) is 3.42. The number of fused-ring (bicyclic) bond motifs is 1. The van der Waals surface area contributed by atoms with Crippen molar-refractivity contribution in [2.75, 3.05) is 13.7 Å². The smallest absolute Gasteiger partial charge is 0.166 e. The molecule has 0 aliphatic carbocycles. The maximum absolute atomic E-state index is 14.6. The molecule has 0 heterocycles. The molecule has 0 unspecified atom stereocenters. The van der Waals surface area contributed by atoms with E-state index in [1.54, 1.807) is 13.2 Å². The van der Waals surface area contributed by atoms with Crippen molar-refractivity contribution >= 4 is 10.8 Å². The molecular weight excluding hydrogens is 416 g/mol. The van der Waals surface area contributed by atoms with Gasteiger partial charge < -0.3 is 4.74 Å². The van der Waals surface area contributed by atoms with Gasteiger partial charge in [-0.25, -0.2) is 17.6 Å². The molecule has 0 bridgehead atoms. The summed E-state index contributed by atoms with van der Waals surface area (Å²) in [6.45, 7) is 0.596. The molecule has 0 radical (unpaired) electrons. The van der Waals surface area contributed by atoms with E-state index in [1.807, 2.05) is 24.3 Å². The van der Waals surface area contributed by atoms with Crippen LogP contribution in [-0.4, -0.2) is 13.7 Å². The van der Waals surface area contributed by atoms with Gasteiger partial charge in [-0.15, -0.1) is 0 Å². The lowest BCUT2D eigenvalue weighted by Crippen LogP contribution is -1.95. The van der Waals surface area contributed by atoms with E-state index in [-0.39, 0.29) is 10.9 Å². The largest absolute Gasteiger partial charge is 0.384 e. The number of hydrogen-bond donors (Lipinski definition) is 0. The van der Waals surface area contributed by atoms with Gasteiger partial charge in [-0.2, -0.15) is 0 Å². The zero-order chi connectivity index (χ0) is 22.7. The first-order chi connectivity index (χ1) is 15.5. The third-order valence-electron chi connectivity index (χ3n) is 5.16. The molecule has 1 nitrogen and oxygen atoms in total. The average Bonchev–Trinajstić information content (AvgIpc) is 2.80. The fraction of sp³-hybridized carbons (Fsp3) is 0.111. The van der Waals surface area contributed by atoms with Gasteiger partial charge >= 0.3 is 0 Å². The molecule has 0 aliphatic rings. The normalized spacial score (nSPS) is 10.8. The minimum atomic E-state index is -0.943. The van der Waals surface area contributed by atoms with E-state index >= 15 is 0 Å². The van der Waals surface area contributed by atoms with Gasteiger partial charge in [0.15, 0.2) is 11.6 Å². The number of hydrogen-bond acceptors (Lipinski definition) is 1. The quantitative estimate of drug-likeness (QED) is 0.258. The predicted octanol–water partition coefficient (Wildman–Crippen LogP) is 6.65. The molecular formula is C27H18F4O. The zero-order valence-electron chi connectivity index (χ0n) is 17.2. The molecule has 160 valence electrons. The van der Waals surface area contributed by atoms with Crippen molar-refractivity contribution in [1.29, 1.82) is 0 Å². The van der Waals surface area contributed by atoms with Gasteiger partial charge in [0, 0.05) is 18.1 Å². The Kier molecular flexibility index (Phi) is 6.25. The summed E-state index contributed by atoms with van der Waals surface area (Å²) in [4.78, 5) is 0. The number of ether oxygens (including phenoxy) is 1. The Hall–Kier alpha value is -3.62. The van der Waals surface area contributed by atoms with Crippen LogP contribution in [0.1, 0.15) is 16.7 Å². The minimum Gasteiger partial charge on any atom is -0.384 e. The zero-order valence-corrected chi connectivity index (χ0v) is 17.2. The first-order valence-corrected chi connectivity index (χ1v) is 9.93. The molecule has 0 saturated heterocycles. The maximum atomic E-state index is 14.6. The Morgan fingerprint density at radius 2 is 1.44 bits per heavy atom. The lowest BCUT2D eigenvalue weighted by molar-refractivity contribution is 0.202. The summed E-state index contributed by atoms with van der Waals surface area (Å²) in [5.74, 6) is 1.79. The summed E-state index contributed by atoms with van der Waals surface area (Å²) in [5.41, 5.74) is 2.24. The molecule has 0 atom stereocenters. The van der Waals surface area contributed by atoms with E-state index in [0.717, 1.165) is 18.1 Å². The summed E-state index contributed by atoms with van der Waals surface area (Å²) in [6, 6.07) is 16.8. The summed E-state index contributed by atoms with van der Waals surface area (Å²) >= 11 is 0. The summed E-state index contributed by atoms with van der Waals surface area (Å²) < 4.78 is 61.5. The third-order valence-corrected chi connectivity index (χ3v) is 5.16. The van der Waals surface area contributed by atoms with Gasteiger partial charge in [0.1, 0.15) is 11.6 Å². The van der Waals surface area contributed by atoms with Crippen LogP contribution < -0.4 is 0 Å². The topological polar surface area (TPSA) is 9.23 Å². The summed E-state index contributed by atoms with van der Waals surface area (Å²) in [6.07, 6.45) is 0.754. The van der Waals surface area contributed by atoms with E-state index < -0.39 is 23.3 Å². The second-order valence-corrected chi connectivity index (χ2v) is 7.30. The molecule has 4 aromatic carbocycles. The Labute approximate surface area is 183 Å². The molecule has 0 aromatic heterocycles. The van der Waals surface area contributed by atoms with Crippen molar-refractivity contribution in [1.82, 2.24) is 0 Å². The molecule has 0 spiro atoms. The Bertz CT molecular complexity index is 1330. The van der Waals surface area contributed by atoms with Crippen molar-refractivity contribution in [3.63, 3.8) is 0 Å². The molecule has 0 N–H and O–H groups in total. The number of rotatable bonds is 4. The first kappa shape index (κ1) is 21.6. The highest BCUT2D eigenvalue weighted by atomic mass is 19.2. The minimum absolute atomic E-state index is 0.116. The van der Waals surface area contributed by atoms with Crippen LogP contribution in [0.25, 0.3) is 21.9 Å². The molecule has 32 heavy (non-hydrogen) atoms. The molecule has 0 amide bonds. The third kappa shape index (κ3) is 4.51. The molecule has 4 aromatic rings. The molecule has 4 rings (SSSR count). The van der Waals surface area contributed by atoms with Crippen molar-refractivity contribution in [2.45, 2.75) is 6.42 Å². The van der Waals surface area contributed by atoms with Gasteiger partial charge in [-0.05, 0) is 58.8 Å². The van der Waals surface area contributed by atoms with Crippen LogP contribution in [0.15, 0.2) is 66.7 Å². The lowest BCUT2D eigenvalue weighted by atomic mass is 10.0. The van der Waals surface area contributed by atoms with Crippen molar-refractivity contribution in [3.8, 4) is 23.0 Å². The Morgan fingerprint density at radius 1 is 0.719 bits per heavy atom. The van der Waals surface area contributed by atoms with Crippen LogP contribution in [0.5, 0.6) is 0 Å². The number of methoxy groups -OCH3 is 1. The predicted molar refractivity (Wildman–Crippen MR) is 117 cm³/mol. The second kappa shape index (κ2) is 9.25. The SMILES string of the molecule is COCCc1ccc(-c2cc(F)c(C#Cc3ccc4c(F)c(F)ccc4c3)c(F)c2)cc1. The van der Waals surface area contributed by atoms with Crippen molar-refractivity contribution in [3.05, 3.63) is 107 Å². The highest BCUT2D eigenvalue weighted by Crippen LogP contribution is 2.25. The monoisotopic (exact) mass is 434 g/mol. The van der Waals surface area contributed by atoms with E-state index in [0.29, 0.717) is 28.7 Å². The Morgan fingerprint density at radius 3 is 2.12 bits per heavy atom. The van der Waals surface area contributed by atoms with Crippen LogP contribution >= 0.6 is 0 Å². The van der Waals surface area contributed by atoms with Gasteiger partial charge in [0.2, 0.25) is 0 Å². The Balaban J connectivity index is 1.62.